The van der Waals surface area contributed by atoms with Crippen LogP contribution in [0.25, 0.3) is 0 Å². The van der Waals surface area contributed by atoms with E-state index in [4.69, 9.17) is 0 Å². The lowest BCUT2D eigenvalue weighted by Gasteiger charge is -2.24. The Balaban J connectivity index is 2.03. The molecule has 2 N–H and O–H groups in total. The van der Waals surface area contributed by atoms with Crippen LogP contribution in [0.1, 0.15) is 19.4 Å². The number of para-hydroxylation sites is 1. The van der Waals surface area contributed by atoms with Gasteiger partial charge in [0.2, 0.25) is 5.91 Å². The summed E-state index contributed by atoms with van der Waals surface area (Å²) in [7, 11) is 0. The van der Waals surface area contributed by atoms with E-state index >= 15 is 0 Å². The molecular weight excluding hydrogens is 282 g/mol. The summed E-state index contributed by atoms with van der Waals surface area (Å²) in [5, 5.41) is 6.37. The second-order valence-electron chi connectivity index (χ2n) is 5.19. The number of hydrogen-bond donors (Lipinski definition) is 2. The first-order valence-corrected chi connectivity index (χ1v) is 8.82. The van der Waals surface area contributed by atoms with Crippen molar-refractivity contribution in [1.82, 2.24) is 10.2 Å². The number of anilines is 1. The van der Waals surface area contributed by atoms with E-state index in [9.17, 15) is 4.79 Å². The fourth-order valence-electron chi connectivity index (χ4n) is 2.42. The van der Waals surface area contributed by atoms with Gasteiger partial charge in [-0.05, 0) is 24.7 Å². The molecule has 2 rings (SSSR count). The zero-order chi connectivity index (χ0) is 15.1. The Labute approximate surface area is 131 Å². The topological polar surface area (TPSA) is 44.4 Å². The van der Waals surface area contributed by atoms with Gasteiger partial charge in [0.05, 0.1) is 6.04 Å². The number of benzene rings is 1. The van der Waals surface area contributed by atoms with Gasteiger partial charge in [-0.25, -0.2) is 0 Å². The van der Waals surface area contributed by atoms with Crippen LogP contribution in [0.2, 0.25) is 0 Å². The average molecular weight is 307 g/mol. The second-order valence-corrected chi connectivity index (χ2v) is 6.34. The molecule has 1 saturated heterocycles. The van der Waals surface area contributed by atoms with Crippen LogP contribution in [0.4, 0.5) is 5.69 Å². The van der Waals surface area contributed by atoms with E-state index in [0.29, 0.717) is 0 Å². The van der Waals surface area contributed by atoms with Crippen molar-refractivity contribution < 1.29 is 4.79 Å². The minimum Gasteiger partial charge on any atom is -0.324 e. The minimum atomic E-state index is -0.0785. The van der Waals surface area contributed by atoms with Gasteiger partial charge in [0.15, 0.2) is 0 Å². The molecule has 0 saturated carbocycles. The van der Waals surface area contributed by atoms with Crippen LogP contribution < -0.4 is 10.6 Å². The van der Waals surface area contributed by atoms with Crippen molar-refractivity contribution in [3.8, 4) is 0 Å². The summed E-state index contributed by atoms with van der Waals surface area (Å²) in [6.45, 7) is 8.13. The van der Waals surface area contributed by atoms with Crippen LogP contribution >= 0.6 is 11.8 Å². The molecular formula is C16H25N3OS. The maximum Gasteiger partial charge on any atom is 0.242 e. The average Bonchev–Trinajstić information content (AvgIpc) is 2.54. The van der Waals surface area contributed by atoms with Crippen molar-refractivity contribution >= 4 is 23.4 Å². The molecule has 1 aromatic rings. The number of hydrogen-bond acceptors (Lipinski definition) is 4. The Morgan fingerprint density at radius 1 is 1.38 bits per heavy atom. The van der Waals surface area contributed by atoms with E-state index in [1.807, 2.05) is 30.0 Å². The molecule has 116 valence electrons. The fraction of sp³-hybridized carbons (Fsp3) is 0.562. The number of carbonyl (C=O) groups is 1. The molecule has 1 fully saturated rings. The van der Waals surface area contributed by atoms with Crippen LogP contribution in [0.15, 0.2) is 24.3 Å². The molecule has 0 spiro atoms. The van der Waals surface area contributed by atoms with Gasteiger partial charge in [-0.2, -0.15) is 11.8 Å². The van der Waals surface area contributed by atoms with Gasteiger partial charge in [-0.3, -0.25) is 9.69 Å². The van der Waals surface area contributed by atoms with E-state index in [-0.39, 0.29) is 11.9 Å². The fourth-order valence-corrected chi connectivity index (χ4v) is 3.36. The monoisotopic (exact) mass is 307 g/mol. The molecule has 0 aliphatic carbocycles. The lowest BCUT2D eigenvalue weighted by atomic mass is 10.1. The lowest BCUT2D eigenvalue weighted by Crippen LogP contribution is -2.46. The van der Waals surface area contributed by atoms with Crippen molar-refractivity contribution in [2.24, 2.45) is 0 Å². The van der Waals surface area contributed by atoms with Gasteiger partial charge >= 0.3 is 0 Å². The van der Waals surface area contributed by atoms with E-state index < -0.39 is 0 Å². The standard InChI is InChI=1S/C16H25N3OS/c1-3-19(4-2)11-13-7-5-6-8-14(13)18-16(20)15-12-21-10-9-17-15/h5-8,15,17H,3-4,9-12H2,1-2H3,(H,18,20). The van der Waals surface area contributed by atoms with E-state index in [0.717, 1.165) is 43.4 Å². The summed E-state index contributed by atoms with van der Waals surface area (Å²) < 4.78 is 0. The van der Waals surface area contributed by atoms with Crippen LogP contribution in [-0.4, -0.2) is 48.0 Å². The summed E-state index contributed by atoms with van der Waals surface area (Å²) in [5.74, 6) is 2.01. The minimum absolute atomic E-state index is 0.0780. The predicted molar refractivity (Wildman–Crippen MR) is 90.8 cm³/mol. The number of nitrogens with one attached hydrogen (secondary N) is 2. The molecule has 1 amide bonds. The molecule has 1 aliphatic heterocycles. The van der Waals surface area contributed by atoms with Gasteiger partial charge < -0.3 is 10.6 Å². The van der Waals surface area contributed by atoms with Crippen molar-refractivity contribution in [2.75, 3.05) is 36.5 Å². The molecule has 0 bridgehead atoms. The third kappa shape index (κ3) is 4.73. The second kappa shape index (κ2) is 8.41. The number of carbonyl (C=O) groups excluding carboxylic acids is 1. The van der Waals surface area contributed by atoms with Crippen molar-refractivity contribution in [1.29, 1.82) is 0 Å². The first-order valence-electron chi connectivity index (χ1n) is 7.66. The summed E-state index contributed by atoms with van der Waals surface area (Å²) in [6.07, 6.45) is 0. The molecule has 21 heavy (non-hydrogen) atoms. The van der Waals surface area contributed by atoms with Gasteiger partial charge in [-0.1, -0.05) is 32.0 Å². The lowest BCUT2D eigenvalue weighted by molar-refractivity contribution is -0.117. The molecule has 1 aliphatic rings. The highest BCUT2D eigenvalue weighted by Crippen LogP contribution is 2.18. The molecule has 5 heteroatoms. The molecule has 4 nitrogen and oxygen atoms in total. The Bertz CT molecular complexity index is 457. The molecule has 0 aromatic heterocycles. The third-order valence-electron chi connectivity index (χ3n) is 3.80. The summed E-state index contributed by atoms with van der Waals surface area (Å²) in [6, 6.07) is 8.02. The highest BCUT2D eigenvalue weighted by Gasteiger charge is 2.21. The molecule has 1 heterocycles. The summed E-state index contributed by atoms with van der Waals surface area (Å²) in [5.41, 5.74) is 2.12. The van der Waals surface area contributed by atoms with Crippen molar-refractivity contribution in [3.63, 3.8) is 0 Å². The van der Waals surface area contributed by atoms with Crippen molar-refractivity contribution in [2.45, 2.75) is 26.4 Å². The van der Waals surface area contributed by atoms with Crippen LogP contribution in [0.5, 0.6) is 0 Å². The zero-order valence-electron chi connectivity index (χ0n) is 12.9. The smallest absolute Gasteiger partial charge is 0.242 e. The van der Waals surface area contributed by atoms with Crippen LogP contribution in [0.3, 0.4) is 0 Å². The first-order chi connectivity index (χ1) is 10.2. The van der Waals surface area contributed by atoms with Gasteiger partial charge in [0.1, 0.15) is 0 Å². The van der Waals surface area contributed by atoms with E-state index in [2.05, 4.69) is 35.4 Å². The molecule has 1 aromatic carbocycles. The maximum atomic E-state index is 12.3. The quantitative estimate of drug-likeness (QED) is 0.845. The third-order valence-corrected chi connectivity index (χ3v) is 4.86. The SMILES string of the molecule is CCN(CC)Cc1ccccc1NC(=O)C1CSCCN1. The molecule has 1 unspecified atom stereocenters. The maximum absolute atomic E-state index is 12.3. The van der Waals surface area contributed by atoms with E-state index in [1.54, 1.807) is 0 Å². The van der Waals surface area contributed by atoms with Gasteiger partial charge in [0, 0.05) is 30.3 Å². The van der Waals surface area contributed by atoms with Gasteiger partial charge in [0.25, 0.3) is 0 Å². The largest absolute Gasteiger partial charge is 0.324 e. The predicted octanol–water partition coefficient (Wildman–Crippen LogP) is 2.17. The highest BCUT2D eigenvalue weighted by molar-refractivity contribution is 7.99. The molecule has 0 radical (unpaired) electrons. The Morgan fingerprint density at radius 2 is 2.14 bits per heavy atom. The number of amides is 1. The Hall–Kier alpha value is -1.04. The molecule has 1 atom stereocenters. The zero-order valence-corrected chi connectivity index (χ0v) is 13.7. The van der Waals surface area contributed by atoms with E-state index in [1.165, 1.54) is 5.56 Å². The Morgan fingerprint density at radius 3 is 2.81 bits per heavy atom. The summed E-state index contributed by atoms with van der Waals surface area (Å²) in [4.78, 5) is 14.7. The summed E-state index contributed by atoms with van der Waals surface area (Å²) >= 11 is 1.83. The Kier molecular flexibility index (Phi) is 6.54. The number of thioether (sulfide) groups is 1. The van der Waals surface area contributed by atoms with Crippen LogP contribution in [-0.2, 0) is 11.3 Å². The van der Waals surface area contributed by atoms with Gasteiger partial charge in [-0.15, -0.1) is 0 Å². The van der Waals surface area contributed by atoms with Crippen LogP contribution in [0, 0.1) is 0 Å². The normalized spacial score (nSPS) is 18.7. The number of nitrogens with zero attached hydrogens (tertiary/aromatic N) is 1. The number of rotatable bonds is 6. The first kappa shape index (κ1) is 16.3. The van der Waals surface area contributed by atoms with Crippen molar-refractivity contribution in [3.05, 3.63) is 29.8 Å². The highest BCUT2D eigenvalue weighted by atomic mass is 32.2.